The molecule has 1 aromatic heterocycles. The number of hydrogen-bond acceptors (Lipinski definition) is 3. The van der Waals surface area contributed by atoms with Crippen molar-refractivity contribution in [3.63, 3.8) is 0 Å². The van der Waals surface area contributed by atoms with Crippen molar-refractivity contribution in [2.24, 2.45) is 0 Å². The number of nitrogens with one attached hydrogen (secondary N) is 1. The van der Waals surface area contributed by atoms with Crippen molar-refractivity contribution in [2.45, 2.75) is 12.6 Å². The lowest BCUT2D eigenvalue weighted by Gasteiger charge is -2.30. The zero-order valence-electron chi connectivity index (χ0n) is 13.5. The van der Waals surface area contributed by atoms with Gasteiger partial charge in [0.15, 0.2) is 0 Å². The van der Waals surface area contributed by atoms with Crippen molar-refractivity contribution in [3.8, 4) is 0 Å². The van der Waals surface area contributed by atoms with Gasteiger partial charge in [0.05, 0.1) is 23.9 Å². The van der Waals surface area contributed by atoms with E-state index in [9.17, 15) is 14.0 Å². The molecule has 0 saturated carbocycles. The van der Waals surface area contributed by atoms with Crippen LogP contribution in [0.1, 0.15) is 17.2 Å². The maximum absolute atomic E-state index is 13.1. The van der Waals surface area contributed by atoms with Gasteiger partial charge in [0.25, 0.3) is 5.91 Å². The summed E-state index contributed by atoms with van der Waals surface area (Å²) in [4.78, 5) is 28.4. The first-order chi connectivity index (χ1) is 12.0. The Kier molecular flexibility index (Phi) is 3.80. The number of rotatable bonds is 3. The predicted octanol–water partition coefficient (Wildman–Crippen LogP) is 2.88. The average molecular weight is 357 g/mol. The van der Waals surface area contributed by atoms with Gasteiger partial charge in [-0.3, -0.25) is 9.69 Å². The highest BCUT2D eigenvalue weighted by Gasteiger charge is 2.42. The molecule has 2 aliphatic rings. The van der Waals surface area contributed by atoms with Crippen LogP contribution in [0.25, 0.3) is 0 Å². The Morgan fingerprint density at radius 1 is 1.24 bits per heavy atom. The molecule has 7 heteroatoms. The molecule has 1 N–H and O–H groups in total. The van der Waals surface area contributed by atoms with Crippen LogP contribution in [0.2, 0.25) is 0 Å². The van der Waals surface area contributed by atoms with Gasteiger partial charge in [-0.2, -0.15) is 11.3 Å². The third-order valence-corrected chi connectivity index (χ3v) is 5.30. The molecule has 0 unspecified atom stereocenters. The number of benzene rings is 1. The number of thiophene rings is 1. The van der Waals surface area contributed by atoms with Crippen LogP contribution < -0.4 is 5.32 Å². The first-order valence-corrected chi connectivity index (χ1v) is 8.82. The van der Waals surface area contributed by atoms with E-state index in [0.29, 0.717) is 18.7 Å². The van der Waals surface area contributed by atoms with Crippen LogP contribution in [0.5, 0.6) is 0 Å². The molecule has 0 aliphatic carbocycles. The molecule has 2 aliphatic heterocycles. The number of urea groups is 1. The van der Waals surface area contributed by atoms with Gasteiger partial charge in [-0.15, -0.1) is 0 Å². The van der Waals surface area contributed by atoms with Gasteiger partial charge >= 0.3 is 6.03 Å². The standard InChI is InChI=1S/C18H16FN3O2S/c1-21-14-9-22(8-11-2-4-13(19)5-3-11)17(23)15(14)16(20-18(21)24)12-6-7-25-10-12/h2-7,10,16H,8-9H2,1H3,(H,20,24)/t16-/m1/s1. The lowest BCUT2D eigenvalue weighted by Crippen LogP contribution is -2.45. The van der Waals surface area contributed by atoms with Gasteiger partial charge in [-0.05, 0) is 40.1 Å². The van der Waals surface area contributed by atoms with Gasteiger partial charge in [-0.25, -0.2) is 9.18 Å². The largest absolute Gasteiger partial charge is 0.329 e. The molecule has 0 saturated heterocycles. The number of carbonyl (C=O) groups excluding carboxylic acids is 2. The van der Waals surface area contributed by atoms with Gasteiger partial charge in [0.2, 0.25) is 0 Å². The van der Waals surface area contributed by atoms with E-state index < -0.39 is 6.04 Å². The summed E-state index contributed by atoms with van der Waals surface area (Å²) in [5.41, 5.74) is 3.11. The summed E-state index contributed by atoms with van der Waals surface area (Å²) in [7, 11) is 1.67. The van der Waals surface area contributed by atoms with E-state index >= 15 is 0 Å². The van der Waals surface area contributed by atoms with Crippen LogP contribution in [0.4, 0.5) is 9.18 Å². The van der Waals surface area contributed by atoms with E-state index in [1.54, 1.807) is 24.1 Å². The Bertz CT molecular complexity index is 861. The van der Waals surface area contributed by atoms with Crippen molar-refractivity contribution < 1.29 is 14.0 Å². The summed E-state index contributed by atoms with van der Waals surface area (Å²) in [6.07, 6.45) is 0. The van der Waals surface area contributed by atoms with E-state index in [2.05, 4.69) is 5.32 Å². The molecule has 0 radical (unpaired) electrons. The monoisotopic (exact) mass is 357 g/mol. The maximum atomic E-state index is 13.1. The van der Waals surface area contributed by atoms with Crippen LogP contribution >= 0.6 is 11.3 Å². The Hall–Kier alpha value is -2.67. The Labute approximate surface area is 148 Å². The summed E-state index contributed by atoms with van der Waals surface area (Å²) in [6, 6.07) is 7.39. The van der Waals surface area contributed by atoms with Crippen molar-refractivity contribution in [2.75, 3.05) is 13.6 Å². The van der Waals surface area contributed by atoms with Gasteiger partial charge in [0.1, 0.15) is 5.82 Å². The molecule has 3 heterocycles. The minimum absolute atomic E-state index is 0.0950. The van der Waals surface area contributed by atoms with E-state index in [1.807, 2.05) is 16.8 Å². The molecule has 0 bridgehead atoms. The smallest absolute Gasteiger partial charge is 0.322 e. The molecule has 3 amide bonds. The van der Waals surface area contributed by atoms with Crippen molar-refractivity contribution in [1.29, 1.82) is 0 Å². The molecule has 25 heavy (non-hydrogen) atoms. The van der Waals surface area contributed by atoms with Crippen molar-refractivity contribution in [1.82, 2.24) is 15.1 Å². The minimum atomic E-state index is -0.421. The second-order valence-corrected chi connectivity index (χ2v) is 6.93. The van der Waals surface area contributed by atoms with Crippen molar-refractivity contribution in [3.05, 3.63) is 69.3 Å². The van der Waals surface area contributed by atoms with Crippen LogP contribution in [-0.2, 0) is 11.3 Å². The second-order valence-electron chi connectivity index (χ2n) is 6.15. The number of halogens is 1. The Morgan fingerprint density at radius 2 is 2.00 bits per heavy atom. The maximum Gasteiger partial charge on any atom is 0.322 e. The first-order valence-electron chi connectivity index (χ1n) is 7.87. The highest BCUT2D eigenvalue weighted by molar-refractivity contribution is 7.08. The van der Waals surface area contributed by atoms with E-state index in [1.165, 1.54) is 28.4 Å². The first kappa shape index (κ1) is 15.8. The highest BCUT2D eigenvalue weighted by atomic mass is 32.1. The molecule has 0 spiro atoms. The number of nitrogens with zero attached hydrogens (tertiary/aromatic N) is 2. The molecular formula is C18H16FN3O2S. The second kappa shape index (κ2) is 6.00. The Balaban J connectivity index is 1.64. The molecule has 128 valence electrons. The quantitative estimate of drug-likeness (QED) is 0.918. The molecule has 5 nitrogen and oxygen atoms in total. The lowest BCUT2D eigenvalue weighted by molar-refractivity contribution is -0.126. The number of amides is 3. The van der Waals surface area contributed by atoms with Gasteiger partial charge in [-0.1, -0.05) is 12.1 Å². The summed E-state index contributed by atoms with van der Waals surface area (Å²) in [5, 5.41) is 6.77. The Morgan fingerprint density at radius 3 is 2.68 bits per heavy atom. The SMILES string of the molecule is CN1C(=O)N[C@H](c2ccsc2)C2=C1CN(Cc1ccc(F)cc1)C2=O. The number of likely N-dealkylation sites (N-methyl/N-ethyl adjacent to an activating group) is 1. The summed E-state index contributed by atoms with van der Waals surface area (Å²) in [6.45, 7) is 0.751. The molecule has 4 rings (SSSR count). The zero-order chi connectivity index (χ0) is 17.6. The van der Waals surface area contributed by atoms with Crippen LogP contribution in [0, 0.1) is 5.82 Å². The van der Waals surface area contributed by atoms with Crippen molar-refractivity contribution >= 4 is 23.3 Å². The summed E-state index contributed by atoms with van der Waals surface area (Å²) >= 11 is 1.53. The normalized spacial score (nSPS) is 20.2. The van der Waals surface area contributed by atoms with Gasteiger partial charge < -0.3 is 10.2 Å². The van der Waals surface area contributed by atoms with Crippen LogP contribution in [0.3, 0.4) is 0 Å². The minimum Gasteiger partial charge on any atom is -0.329 e. The average Bonchev–Trinajstić information content (AvgIpc) is 3.23. The van der Waals surface area contributed by atoms with E-state index in [0.717, 1.165) is 16.8 Å². The molecular weight excluding hydrogens is 341 g/mol. The summed E-state index contributed by atoms with van der Waals surface area (Å²) < 4.78 is 13.1. The molecule has 2 aromatic rings. The molecule has 1 aromatic carbocycles. The number of carbonyl (C=O) groups is 2. The van der Waals surface area contributed by atoms with Gasteiger partial charge in [0, 0.05) is 13.6 Å². The van der Waals surface area contributed by atoms with Crippen LogP contribution in [0.15, 0.2) is 52.4 Å². The number of hydrogen-bond donors (Lipinski definition) is 1. The summed E-state index contributed by atoms with van der Waals surface area (Å²) in [5.74, 6) is -0.400. The third kappa shape index (κ3) is 2.70. The molecule has 1 atom stereocenters. The van der Waals surface area contributed by atoms with E-state index in [-0.39, 0.29) is 17.8 Å². The predicted molar refractivity (Wildman–Crippen MR) is 92.2 cm³/mol. The lowest BCUT2D eigenvalue weighted by atomic mass is 9.98. The highest BCUT2D eigenvalue weighted by Crippen LogP contribution is 2.36. The van der Waals surface area contributed by atoms with E-state index in [4.69, 9.17) is 0 Å². The zero-order valence-corrected chi connectivity index (χ0v) is 14.3. The third-order valence-electron chi connectivity index (χ3n) is 4.60. The topological polar surface area (TPSA) is 52.7 Å². The fourth-order valence-corrected chi connectivity index (χ4v) is 3.94. The van der Waals surface area contributed by atoms with Crippen LogP contribution in [-0.4, -0.2) is 35.3 Å². The molecule has 0 fully saturated rings. The fourth-order valence-electron chi connectivity index (χ4n) is 3.25. The fraction of sp³-hybridized carbons (Fsp3) is 0.222.